The first-order valence-corrected chi connectivity index (χ1v) is 6.65. The molecule has 0 aliphatic heterocycles. The lowest BCUT2D eigenvalue weighted by Gasteiger charge is -2.07. The molecule has 6 heteroatoms. The molecule has 0 amide bonds. The van der Waals surface area contributed by atoms with Crippen molar-refractivity contribution in [3.63, 3.8) is 0 Å². The van der Waals surface area contributed by atoms with Crippen LogP contribution in [0, 0.1) is 0 Å². The summed E-state index contributed by atoms with van der Waals surface area (Å²) in [4.78, 5) is 11.3. The third kappa shape index (κ3) is 3.15. The van der Waals surface area contributed by atoms with Gasteiger partial charge in [-0.15, -0.1) is 0 Å². The zero-order valence-electron chi connectivity index (χ0n) is 10.7. The number of carbonyl (C=O) groups excluding carboxylic acids is 1. The number of hydrogen-bond donors (Lipinski definition) is 1. The van der Waals surface area contributed by atoms with Gasteiger partial charge in [-0.3, -0.25) is 4.79 Å². The molecule has 0 spiro atoms. The van der Waals surface area contributed by atoms with Gasteiger partial charge in [-0.1, -0.05) is 29.3 Å². The number of methoxy groups -OCH3 is 1. The molecule has 4 nitrogen and oxygen atoms in total. The molecule has 0 aliphatic carbocycles. The van der Waals surface area contributed by atoms with Gasteiger partial charge in [-0.2, -0.15) is 0 Å². The van der Waals surface area contributed by atoms with Crippen molar-refractivity contribution in [1.82, 2.24) is 0 Å². The molecule has 0 bridgehead atoms. The SMILES string of the molecule is COC(=O)C(N)Cc1ccc(-c2c(Cl)cccc2Cl)o1. The van der Waals surface area contributed by atoms with Crippen LogP contribution in [0.15, 0.2) is 34.7 Å². The van der Waals surface area contributed by atoms with Crippen LogP contribution in [0.5, 0.6) is 0 Å². The Morgan fingerprint density at radius 2 is 1.95 bits per heavy atom. The number of furan rings is 1. The summed E-state index contributed by atoms with van der Waals surface area (Å²) < 4.78 is 10.2. The minimum absolute atomic E-state index is 0.245. The highest BCUT2D eigenvalue weighted by Gasteiger charge is 2.18. The molecule has 1 unspecified atom stereocenters. The Balaban J connectivity index is 2.23. The van der Waals surface area contributed by atoms with Gasteiger partial charge in [0.05, 0.1) is 22.7 Å². The van der Waals surface area contributed by atoms with E-state index in [0.29, 0.717) is 27.1 Å². The van der Waals surface area contributed by atoms with Gasteiger partial charge in [-0.05, 0) is 24.3 Å². The van der Waals surface area contributed by atoms with Gasteiger partial charge in [0.2, 0.25) is 0 Å². The molecule has 0 fully saturated rings. The van der Waals surface area contributed by atoms with Gasteiger partial charge in [0.15, 0.2) is 0 Å². The van der Waals surface area contributed by atoms with Crippen molar-refractivity contribution in [2.24, 2.45) is 5.73 Å². The largest absolute Gasteiger partial charge is 0.468 e. The highest BCUT2D eigenvalue weighted by molar-refractivity contribution is 6.39. The number of halogens is 2. The predicted octanol–water partition coefficient (Wildman–Crippen LogP) is 3.30. The Kier molecular flexibility index (Phi) is 4.70. The average Bonchev–Trinajstić information content (AvgIpc) is 2.85. The summed E-state index contributed by atoms with van der Waals surface area (Å²) >= 11 is 12.2. The molecule has 106 valence electrons. The molecular formula is C14H13Cl2NO3. The molecule has 2 N–H and O–H groups in total. The molecule has 1 atom stereocenters. The van der Waals surface area contributed by atoms with Crippen molar-refractivity contribution in [3.05, 3.63) is 46.1 Å². The molecular weight excluding hydrogens is 301 g/mol. The van der Waals surface area contributed by atoms with Crippen LogP contribution >= 0.6 is 23.2 Å². The third-order valence-electron chi connectivity index (χ3n) is 2.80. The zero-order chi connectivity index (χ0) is 14.7. The third-order valence-corrected chi connectivity index (χ3v) is 3.43. The second-order valence-corrected chi connectivity index (χ2v) is 5.01. The second-order valence-electron chi connectivity index (χ2n) is 4.20. The number of nitrogens with two attached hydrogens (primary N) is 1. The van der Waals surface area contributed by atoms with Crippen LogP contribution in [0.1, 0.15) is 5.76 Å². The van der Waals surface area contributed by atoms with E-state index in [1.165, 1.54) is 7.11 Å². The lowest BCUT2D eigenvalue weighted by Crippen LogP contribution is -2.33. The van der Waals surface area contributed by atoms with E-state index in [-0.39, 0.29) is 6.42 Å². The summed E-state index contributed by atoms with van der Waals surface area (Å²) in [5.74, 6) is 0.611. The fourth-order valence-electron chi connectivity index (χ4n) is 1.81. The lowest BCUT2D eigenvalue weighted by molar-refractivity contribution is -0.142. The number of rotatable bonds is 4. The van der Waals surface area contributed by atoms with Gasteiger partial charge in [0, 0.05) is 6.42 Å². The summed E-state index contributed by atoms with van der Waals surface area (Å²) in [5.41, 5.74) is 6.30. The molecule has 1 aromatic heterocycles. The van der Waals surface area contributed by atoms with Crippen molar-refractivity contribution < 1.29 is 13.9 Å². The van der Waals surface area contributed by atoms with Crippen LogP contribution in [0.2, 0.25) is 10.0 Å². The van der Waals surface area contributed by atoms with Crippen LogP contribution in [0.3, 0.4) is 0 Å². The van der Waals surface area contributed by atoms with E-state index in [1.807, 2.05) is 0 Å². The number of carbonyl (C=O) groups is 1. The van der Waals surface area contributed by atoms with Crippen molar-refractivity contribution in [2.75, 3.05) is 7.11 Å². The maximum absolute atomic E-state index is 11.3. The Morgan fingerprint density at radius 3 is 2.55 bits per heavy atom. The summed E-state index contributed by atoms with van der Waals surface area (Å²) in [6.07, 6.45) is 0.245. The zero-order valence-corrected chi connectivity index (χ0v) is 12.2. The van der Waals surface area contributed by atoms with Crippen molar-refractivity contribution in [2.45, 2.75) is 12.5 Å². The average molecular weight is 314 g/mol. The Labute approximate surface area is 126 Å². The summed E-state index contributed by atoms with van der Waals surface area (Å²) in [5, 5.41) is 0.992. The summed E-state index contributed by atoms with van der Waals surface area (Å²) in [7, 11) is 1.29. The molecule has 0 radical (unpaired) electrons. The van der Waals surface area contributed by atoms with E-state index in [2.05, 4.69) is 4.74 Å². The monoisotopic (exact) mass is 313 g/mol. The maximum Gasteiger partial charge on any atom is 0.323 e. The molecule has 20 heavy (non-hydrogen) atoms. The first kappa shape index (κ1) is 14.9. The predicted molar refractivity (Wildman–Crippen MR) is 77.9 cm³/mol. The molecule has 2 rings (SSSR count). The van der Waals surface area contributed by atoms with E-state index in [9.17, 15) is 4.79 Å². The van der Waals surface area contributed by atoms with Gasteiger partial charge in [0.25, 0.3) is 0 Å². The smallest absolute Gasteiger partial charge is 0.323 e. The topological polar surface area (TPSA) is 65.5 Å². The van der Waals surface area contributed by atoms with Gasteiger partial charge < -0.3 is 14.9 Å². The van der Waals surface area contributed by atoms with E-state index in [0.717, 1.165) is 0 Å². The van der Waals surface area contributed by atoms with Crippen molar-refractivity contribution in [1.29, 1.82) is 0 Å². The summed E-state index contributed by atoms with van der Waals surface area (Å²) in [6.45, 7) is 0. The standard InChI is InChI=1S/C14H13Cl2NO3/c1-19-14(18)11(17)7-8-5-6-12(20-8)13-9(15)3-2-4-10(13)16/h2-6,11H,7,17H2,1H3. The fourth-order valence-corrected chi connectivity index (χ4v) is 2.39. The van der Waals surface area contributed by atoms with Gasteiger partial charge >= 0.3 is 5.97 Å². The number of esters is 1. The number of hydrogen-bond acceptors (Lipinski definition) is 4. The second kappa shape index (κ2) is 6.31. The number of ether oxygens (including phenoxy) is 1. The van der Waals surface area contributed by atoms with Gasteiger partial charge in [-0.25, -0.2) is 0 Å². The van der Waals surface area contributed by atoms with Crippen molar-refractivity contribution >= 4 is 29.2 Å². The van der Waals surface area contributed by atoms with Crippen LogP contribution in [0.25, 0.3) is 11.3 Å². The van der Waals surface area contributed by atoms with Crippen LogP contribution in [-0.2, 0) is 16.0 Å². The summed E-state index contributed by atoms with van der Waals surface area (Å²) in [6, 6.07) is 7.92. The highest BCUT2D eigenvalue weighted by Crippen LogP contribution is 2.35. The normalized spacial score (nSPS) is 12.2. The molecule has 2 aromatic rings. The molecule has 1 aromatic carbocycles. The lowest BCUT2D eigenvalue weighted by atomic mass is 10.1. The minimum atomic E-state index is -0.763. The quantitative estimate of drug-likeness (QED) is 0.880. The first-order chi connectivity index (χ1) is 9.52. The fraction of sp³-hybridized carbons (Fsp3) is 0.214. The van der Waals surface area contributed by atoms with E-state index in [4.69, 9.17) is 33.4 Å². The molecule has 0 aliphatic rings. The van der Waals surface area contributed by atoms with Crippen LogP contribution < -0.4 is 5.73 Å². The molecule has 1 heterocycles. The van der Waals surface area contributed by atoms with E-state index >= 15 is 0 Å². The van der Waals surface area contributed by atoms with Crippen molar-refractivity contribution in [3.8, 4) is 11.3 Å². The van der Waals surface area contributed by atoms with E-state index in [1.54, 1.807) is 30.3 Å². The van der Waals surface area contributed by atoms with Crippen LogP contribution in [-0.4, -0.2) is 19.1 Å². The Morgan fingerprint density at radius 1 is 1.30 bits per heavy atom. The van der Waals surface area contributed by atoms with Gasteiger partial charge in [0.1, 0.15) is 17.6 Å². The highest BCUT2D eigenvalue weighted by atomic mass is 35.5. The van der Waals surface area contributed by atoms with Crippen LogP contribution in [0.4, 0.5) is 0 Å². The maximum atomic E-state index is 11.3. The molecule has 0 saturated heterocycles. The Bertz CT molecular complexity index is 604. The number of benzene rings is 1. The minimum Gasteiger partial charge on any atom is -0.468 e. The first-order valence-electron chi connectivity index (χ1n) is 5.89. The molecule has 0 saturated carbocycles. The Hall–Kier alpha value is -1.49. The van der Waals surface area contributed by atoms with E-state index < -0.39 is 12.0 Å².